The van der Waals surface area contributed by atoms with Gasteiger partial charge in [-0.2, -0.15) is 13.2 Å². The molecule has 0 saturated heterocycles. The molecule has 0 saturated carbocycles. The second kappa shape index (κ2) is 7.42. The molecule has 1 aromatic carbocycles. The van der Waals surface area contributed by atoms with Gasteiger partial charge in [0.1, 0.15) is 0 Å². The van der Waals surface area contributed by atoms with E-state index in [1.807, 2.05) is 0 Å². The van der Waals surface area contributed by atoms with Crippen LogP contribution >= 0.6 is 7.60 Å². The van der Waals surface area contributed by atoms with Gasteiger partial charge in [0.2, 0.25) is 0 Å². The highest BCUT2D eigenvalue weighted by atomic mass is 31.2. The van der Waals surface area contributed by atoms with E-state index in [1.165, 1.54) is 13.8 Å². The fourth-order valence-electron chi connectivity index (χ4n) is 1.69. The number of rotatable bonds is 7. The van der Waals surface area contributed by atoms with Gasteiger partial charge in [-0.05, 0) is 25.5 Å². The van der Waals surface area contributed by atoms with Crippen LogP contribution in [0.4, 0.5) is 13.2 Å². The number of benzene rings is 1. The minimum absolute atomic E-state index is 0.297. The highest BCUT2D eigenvalue weighted by Crippen LogP contribution is 2.65. The minimum Gasteiger partial charge on any atom is -0.367 e. The van der Waals surface area contributed by atoms with Crippen LogP contribution < -0.4 is 0 Å². The van der Waals surface area contributed by atoms with Crippen LogP contribution in [0.1, 0.15) is 19.4 Å². The van der Waals surface area contributed by atoms with E-state index in [1.54, 1.807) is 30.3 Å². The molecule has 22 heavy (non-hydrogen) atoms. The van der Waals surface area contributed by atoms with Crippen LogP contribution in [0, 0.1) is 0 Å². The standard InChI is InChI=1S/C14H18F3O4P/c1-3-20-22(19,21-4-2)13(18,14(15,16)17)11-10-12-8-6-5-7-9-12/h5-11,18H,3-4H2,1-2H3/b11-10+. The second-order valence-corrected chi connectivity index (χ2v) is 6.49. The average Bonchev–Trinajstić information content (AvgIpc) is 2.45. The maximum absolute atomic E-state index is 13.3. The van der Waals surface area contributed by atoms with Crippen molar-refractivity contribution in [3.63, 3.8) is 0 Å². The molecule has 124 valence electrons. The lowest BCUT2D eigenvalue weighted by Crippen LogP contribution is -2.44. The number of hydrogen-bond acceptors (Lipinski definition) is 4. The molecule has 4 nitrogen and oxygen atoms in total. The highest BCUT2D eigenvalue weighted by molar-refractivity contribution is 7.55. The zero-order valence-electron chi connectivity index (χ0n) is 12.2. The van der Waals surface area contributed by atoms with Crippen LogP contribution in [0.5, 0.6) is 0 Å². The van der Waals surface area contributed by atoms with Crippen LogP contribution in [-0.4, -0.2) is 29.8 Å². The number of aliphatic hydroxyl groups is 1. The Hall–Kier alpha value is -1.14. The summed E-state index contributed by atoms with van der Waals surface area (Å²) in [5.41, 5.74) is 0.407. The van der Waals surface area contributed by atoms with Gasteiger partial charge in [-0.3, -0.25) is 4.57 Å². The molecule has 0 bridgehead atoms. The van der Waals surface area contributed by atoms with E-state index < -0.39 is 19.1 Å². The van der Waals surface area contributed by atoms with Crippen molar-refractivity contribution in [2.45, 2.75) is 25.4 Å². The van der Waals surface area contributed by atoms with E-state index in [-0.39, 0.29) is 13.2 Å². The molecule has 0 aliphatic heterocycles. The van der Waals surface area contributed by atoms with Gasteiger partial charge in [-0.25, -0.2) is 0 Å². The van der Waals surface area contributed by atoms with Crippen LogP contribution in [0.25, 0.3) is 6.08 Å². The number of hydrogen-bond donors (Lipinski definition) is 1. The van der Waals surface area contributed by atoms with Crippen molar-refractivity contribution >= 4 is 13.7 Å². The van der Waals surface area contributed by atoms with Gasteiger partial charge in [0.15, 0.2) is 0 Å². The molecule has 0 aliphatic rings. The van der Waals surface area contributed by atoms with Crippen molar-refractivity contribution in [3.8, 4) is 0 Å². The van der Waals surface area contributed by atoms with Crippen molar-refractivity contribution < 1.29 is 31.9 Å². The zero-order chi connectivity index (χ0) is 16.9. The van der Waals surface area contributed by atoms with E-state index in [4.69, 9.17) is 0 Å². The summed E-state index contributed by atoms with van der Waals surface area (Å²) in [5, 5.41) is 6.35. The van der Waals surface area contributed by atoms with Gasteiger partial charge in [0, 0.05) is 0 Å². The summed E-state index contributed by atoms with van der Waals surface area (Å²) in [7, 11) is -4.86. The Bertz CT molecular complexity index is 535. The van der Waals surface area contributed by atoms with Crippen LogP contribution in [0.15, 0.2) is 36.4 Å². The molecular weight excluding hydrogens is 320 g/mol. The fourth-order valence-corrected chi connectivity index (χ4v) is 3.41. The summed E-state index contributed by atoms with van der Waals surface area (Å²) >= 11 is 0. The molecule has 1 rings (SSSR count). The Balaban J connectivity index is 3.31. The maximum atomic E-state index is 13.3. The third-order valence-electron chi connectivity index (χ3n) is 2.74. The first-order chi connectivity index (χ1) is 10.2. The molecule has 0 aliphatic carbocycles. The number of halogens is 3. The Labute approximate surface area is 127 Å². The van der Waals surface area contributed by atoms with E-state index in [9.17, 15) is 22.8 Å². The molecule has 0 amide bonds. The first-order valence-corrected chi connectivity index (χ1v) is 8.17. The first-order valence-electron chi connectivity index (χ1n) is 6.62. The van der Waals surface area contributed by atoms with Crippen LogP contribution in [0.2, 0.25) is 0 Å². The van der Waals surface area contributed by atoms with Crippen molar-refractivity contribution in [1.82, 2.24) is 0 Å². The van der Waals surface area contributed by atoms with E-state index in [0.29, 0.717) is 11.6 Å². The normalized spacial score (nSPS) is 15.9. The largest absolute Gasteiger partial charge is 0.432 e. The molecule has 1 aromatic rings. The molecule has 0 radical (unpaired) electrons. The lowest BCUT2D eigenvalue weighted by molar-refractivity contribution is -0.213. The third-order valence-corrected chi connectivity index (χ3v) is 5.17. The average molecular weight is 338 g/mol. The summed E-state index contributed by atoms with van der Waals surface area (Å²) in [6.07, 6.45) is -3.79. The molecule has 1 N–H and O–H groups in total. The molecule has 0 spiro atoms. The van der Waals surface area contributed by atoms with E-state index in [2.05, 4.69) is 9.05 Å². The Morgan fingerprint density at radius 1 is 1.14 bits per heavy atom. The Morgan fingerprint density at radius 2 is 1.64 bits per heavy atom. The van der Waals surface area contributed by atoms with Gasteiger partial charge in [0.25, 0.3) is 5.34 Å². The van der Waals surface area contributed by atoms with Gasteiger partial charge >= 0.3 is 13.8 Å². The molecule has 0 heterocycles. The maximum Gasteiger partial charge on any atom is 0.432 e. The lowest BCUT2D eigenvalue weighted by Gasteiger charge is -2.33. The summed E-state index contributed by atoms with van der Waals surface area (Å²) in [6.45, 7) is 2.14. The number of alkyl halides is 3. The molecule has 0 fully saturated rings. The van der Waals surface area contributed by atoms with E-state index >= 15 is 0 Å². The van der Waals surface area contributed by atoms with Crippen LogP contribution in [-0.2, 0) is 13.6 Å². The summed E-state index contributed by atoms with van der Waals surface area (Å²) < 4.78 is 61.7. The van der Waals surface area contributed by atoms with Crippen molar-refractivity contribution in [2.75, 3.05) is 13.2 Å². The smallest absolute Gasteiger partial charge is 0.367 e. The molecular formula is C14H18F3O4P. The van der Waals surface area contributed by atoms with Crippen molar-refractivity contribution in [3.05, 3.63) is 42.0 Å². The molecule has 8 heteroatoms. The fraction of sp³-hybridized carbons (Fsp3) is 0.429. The first kappa shape index (κ1) is 18.9. The van der Waals surface area contributed by atoms with Gasteiger partial charge in [0.05, 0.1) is 13.2 Å². The zero-order valence-corrected chi connectivity index (χ0v) is 13.1. The SMILES string of the molecule is CCOP(=O)(OCC)C(O)(/C=C/c1ccccc1)C(F)(F)F. The third kappa shape index (κ3) is 3.98. The van der Waals surface area contributed by atoms with Crippen molar-refractivity contribution in [1.29, 1.82) is 0 Å². The Morgan fingerprint density at radius 3 is 2.05 bits per heavy atom. The minimum atomic E-state index is -5.22. The summed E-state index contributed by atoms with van der Waals surface area (Å²) in [5.74, 6) is 0. The Kier molecular flexibility index (Phi) is 6.38. The van der Waals surface area contributed by atoms with Gasteiger partial charge < -0.3 is 14.2 Å². The highest BCUT2D eigenvalue weighted by Gasteiger charge is 2.66. The molecule has 0 aromatic heterocycles. The predicted molar refractivity (Wildman–Crippen MR) is 77.3 cm³/mol. The summed E-state index contributed by atoms with van der Waals surface area (Å²) in [6, 6.07) is 8.02. The topological polar surface area (TPSA) is 55.8 Å². The summed E-state index contributed by atoms with van der Waals surface area (Å²) in [4.78, 5) is 0. The molecule has 1 atom stereocenters. The quantitative estimate of drug-likeness (QED) is 0.757. The second-order valence-electron chi connectivity index (χ2n) is 4.30. The predicted octanol–water partition coefficient (Wildman–Crippen LogP) is 4.22. The molecule has 1 unspecified atom stereocenters. The van der Waals surface area contributed by atoms with E-state index in [0.717, 1.165) is 6.08 Å². The van der Waals surface area contributed by atoms with Crippen LogP contribution in [0.3, 0.4) is 0 Å². The lowest BCUT2D eigenvalue weighted by atomic mass is 10.2. The van der Waals surface area contributed by atoms with Crippen molar-refractivity contribution in [2.24, 2.45) is 0 Å². The van der Waals surface area contributed by atoms with Gasteiger partial charge in [-0.15, -0.1) is 0 Å². The monoisotopic (exact) mass is 338 g/mol. The van der Waals surface area contributed by atoms with Gasteiger partial charge in [-0.1, -0.05) is 36.4 Å².